The number of carbonyl (C=O) groups is 1. The molecule has 0 atom stereocenters. The zero-order valence-corrected chi connectivity index (χ0v) is 7.19. The number of nitrogens with two attached hydrogens (primary N) is 1. The van der Waals surface area contributed by atoms with E-state index in [9.17, 15) is 9.90 Å². The first-order valence-corrected chi connectivity index (χ1v) is 4.76. The normalized spacial score (nSPS) is 21.9. The third-order valence-corrected chi connectivity index (χ3v) is 3.24. The fraction of sp³-hybridized carbons (Fsp3) is 0.857. The Morgan fingerprint density at radius 2 is 2.09 bits per heavy atom. The monoisotopic (exact) mass is 175 g/mol. The Hall–Kier alpha value is -0.220. The fourth-order valence-electron chi connectivity index (χ4n) is 1.28. The topological polar surface area (TPSA) is 63.3 Å². The Kier molecular flexibility index (Phi) is 2.78. The fourth-order valence-corrected chi connectivity index (χ4v) is 2.27. The summed E-state index contributed by atoms with van der Waals surface area (Å²) in [6.45, 7) is 0. The van der Waals surface area contributed by atoms with E-state index in [1.807, 2.05) is 0 Å². The van der Waals surface area contributed by atoms with E-state index < -0.39 is 4.93 Å². The number of amides is 1. The molecule has 0 saturated heterocycles. The van der Waals surface area contributed by atoms with E-state index in [4.69, 9.17) is 5.73 Å². The molecule has 4 heteroatoms. The van der Waals surface area contributed by atoms with Crippen LogP contribution >= 0.6 is 11.8 Å². The van der Waals surface area contributed by atoms with E-state index >= 15 is 0 Å². The maximum absolute atomic E-state index is 10.4. The predicted octanol–water partition coefficient (Wildman–Crippen LogP) is 0.467. The molecule has 0 heterocycles. The van der Waals surface area contributed by atoms with Crippen LogP contribution < -0.4 is 5.73 Å². The number of carbonyl (C=O) groups excluding carboxylic acids is 1. The minimum Gasteiger partial charge on any atom is -0.379 e. The molecule has 0 aromatic heterocycles. The Morgan fingerprint density at radius 1 is 1.55 bits per heavy atom. The highest BCUT2D eigenvalue weighted by atomic mass is 32.2. The van der Waals surface area contributed by atoms with Gasteiger partial charge in [-0.3, -0.25) is 4.79 Å². The Morgan fingerprint density at radius 3 is 2.55 bits per heavy atom. The maximum atomic E-state index is 10.4. The second-order valence-corrected chi connectivity index (χ2v) is 4.25. The van der Waals surface area contributed by atoms with Gasteiger partial charge in [0.05, 0.1) is 5.75 Å². The van der Waals surface area contributed by atoms with Crippen molar-refractivity contribution in [1.82, 2.24) is 0 Å². The molecule has 0 unspecified atom stereocenters. The highest BCUT2D eigenvalue weighted by Crippen LogP contribution is 2.38. The first kappa shape index (κ1) is 8.87. The largest absolute Gasteiger partial charge is 0.379 e. The number of thioether (sulfide) groups is 1. The van der Waals surface area contributed by atoms with Crippen LogP contribution in [0.3, 0.4) is 0 Å². The van der Waals surface area contributed by atoms with Gasteiger partial charge in [-0.15, -0.1) is 11.8 Å². The molecular weight excluding hydrogens is 162 g/mol. The zero-order chi connectivity index (χ0) is 8.32. The van der Waals surface area contributed by atoms with Gasteiger partial charge in [-0.1, -0.05) is 0 Å². The van der Waals surface area contributed by atoms with E-state index in [0.717, 1.165) is 25.7 Å². The Labute approximate surface area is 70.3 Å². The highest BCUT2D eigenvalue weighted by molar-refractivity contribution is 8.01. The summed E-state index contributed by atoms with van der Waals surface area (Å²) in [4.78, 5) is 9.73. The van der Waals surface area contributed by atoms with Crippen LogP contribution in [0.2, 0.25) is 0 Å². The standard InChI is InChI=1S/C7H13NO2S/c8-6(9)5-11-7(10)3-1-2-4-7/h10H,1-5H2,(H2,8,9). The van der Waals surface area contributed by atoms with Crippen molar-refractivity contribution in [2.45, 2.75) is 30.6 Å². The van der Waals surface area contributed by atoms with Gasteiger partial charge in [0, 0.05) is 0 Å². The lowest BCUT2D eigenvalue weighted by molar-refractivity contribution is -0.115. The molecule has 1 rings (SSSR count). The second kappa shape index (κ2) is 3.45. The smallest absolute Gasteiger partial charge is 0.227 e. The van der Waals surface area contributed by atoms with Gasteiger partial charge in [-0.2, -0.15) is 0 Å². The molecule has 0 aliphatic heterocycles. The van der Waals surface area contributed by atoms with Gasteiger partial charge in [0.1, 0.15) is 4.93 Å². The van der Waals surface area contributed by atoms with Crippen LogP contribution in [0.4, 0.5) is 0 Å². The molecule has 0 aromatic carbocycles. The molecule has 64 valence electrons. The van der Waals surface area contributed by atoms with Crippen LogP contribution in [-0.4, -0.2) is 21.7 Å². The number of aliphatic hydroxyl groups is 1. The average Bonchev–Trinajstić information content (AvgIpc) is 2.33. The third kappa shape index (κ3) is 2.71. The van der Waals surface area contributed by atoms with Gasteiger partial charge >= 0.3 is 0 Å². The SMILES string of the molecule is NC(=O)CSC1(O)CCCC1. The molecule has 3 nitrogen and oxygen atoms in total. The quantitative estimate of drug-likeness (QED) is 0.613. The van der Waals surface area contributed by atoms with Gasteiger partial charge in [0.15, 0.2) is 0 Å². The molecule has 1 aliphatic carbocycles. The van der Waals surface area contributed by atoms with Crippen molar-refractivity contribution < 1.29 is 9.90 Å². The highest BCUT2D eigenvalue weighted by Gasteiger charge is 2.31. The van der Waals surface area contributed by atoms with Crippen LogP contribution in [-0.2, 0) is 4.79 Å². The molecule has 0 aromatic rings. The van der Waals surface area contributed by atoms with Crippen molar-refractivity contribution in [3.63, 3.8) is 0 Å². The summed E-state index contributed by atoms with van der Waals surface area (Å²) in [7, 11) is 0. The van der Waals surface area contributed by atoms with Crippen LogP contribution in [0.5, 0.6) is 0 Å². The van der Waals surface area contributed by atoms with Crippen LogP contribution in [0.25, 0.3) is 0 Å². The average molecular weight is 175 g/mol. The summed E-state index contributed by atoms with van der Waals surface area (Å²) in [6, 6.07) is 0. The molecular formula is C7H13NO2S. The summed E-state index contributed by atoms with van der Waals surface area (Å²) in [5.74, 6) is -0.119. The van der Waals surface area contributed by atoms with Crippen molar-refractivity contribution >= 4 is 17.7 Å². The third-order valence-electron chi connectivity index (χ3n) is 1.87. The molecule has 1 amide bonds. The van der Waals surface area contributed by atoms with E-state index in [2.05, 4.69) is 0 Å². The van der Waals surface area contributed by atoms with Crippen molar-refractivity contribution in [3.8, 4) is 0 Å². The van der Waals surface area contributed by atoms with Gasteiger partial charge < -0.3 is 10.8 Å². The van der Waals surface area contributed by atoms with Crippen molar-refractivity contribution in [2.75, 3.05) is 5.75 Å². The summed E-state index contributed by atoms with van der Waals surface area (Å²) < 4.78 is 0. The van der Waals surface area contributed by atoms with Crippen LogP contribution in [0.15, 0.2) is 0 Å². The van der Waals surface area contributed by atoms with E-state index in [1.54, 1.807) is 0 Å². The van der Waals surface area contributed by atoms with Gasteiger partial charge in [0.25, 0.3) is 0 Å². The number of primary amides is 1. The Balaban J connectivity index is 2.28. The number of hydrogen-bond donors (Lipinski definition) is 2. The lowest BCUT2D eigenvalue weighted by Crippen LogP contribution is -2.23. The van der Waals surface area contributed by atoms with E-state index in [-0.39, 0.29) is 11.7 Å². The van der Waals surface area contributed by atoms with Gasteiger partial charge in [-0.25, -0.2) is 0 Å². The molecule has 0 spiro atoms. The zero-order valence-electron chi connectivity index (χ0n) is 6.38. The van der Waals surface area contributed by atoms with E-state index in [0.29, 0.717) is 0 Å². The maximum Gasteiger partial charge on any atom is 0.227 e. The van der Waals surface area contributed by atoms with Gasteiger partial charge in [0.2, 0.25) is 5.91 Å². The van der Waals surface area contributed by atoms with Crippen LogP contribution in [0.1, 0.15) is 25.7 Å². The second-order valence-electron chi connectivity index (χ2n) is 2.91. The summed E-state index contributed by atoms with van der Waals surface area (Å²) in [5, 5.41) is 9.70. The van der Waals surface area contributed by atoms with Gasteiger partial charge in [-0.05, 0) is 25.7 Å². The summed E-state index contributed by atoms with van der Waals surface area (Å²) in [6.07, 6.45) is 3.71. The van der Waals surface area contributed by atoms with Crippen molar-refractivity contribution in [3.05, 3.63) is 0 Å². The lowest BCUT2D eigenvalue weighted by atomic mass is 10.3. The Bertz CT molecular complexity index is 155. The molecule has 1 fully saturated rings. The van der Waals surface area contributed by atoms with E-state index in [1.165, 1.54) is 11.8 Å². The number of rotatable bonds is 3. The lowest BCUT2D eigenvalue weighted by Gasteiger charge is -2.19. The molecule has 1 aliphatic rings. The summed E-state index contributed by atoms with van der Waals surface area (Å²) in [5.41, 5.74) is 4.96. The first-order chi connectivity index (χ1) is 5.12. The minimum atomic E-state index is -0.658. The van der Waals surface area contributed by atoms with Crippen LogP contribution in [0, 0.1) is 0 Å². The minimum absolute atomic E-state index is 0.233. The summed E-state index contributed by atoms with van der Waals surface area (Å²) >= 11 is 1.28. The number of hydrogen-bond acceptors (Lipinski definition) is 3. The first-order valence-electron chi connectivity index (χ1n) is 3.77. The molecule has 1 saturated carbocycles. The molecule has 0 bridgehead atoms. The predicted molar refractivity (Wildman–Crippen MR) is 45.1 cm³/mol. The van der Waals surface area contributed by atoms with Crippen molar-refractivity contribution in [1.29, 1.82) is 0 Å². The molecule has 11 heavy (non-hydrogen) atoms. The van der Waals surface area contributed by atoms with Crippen molar-refractivity contribution in [2.24, 2.45) is 5.73 Å². The molecule has 0 radical (unpaired) electrons. The molecule has 3 N–H and O–H groups in total.